The van der Waals surface area contributed by atoms with E-state index >= 15 is 0 Å². The largest absolute Gasteiger partial charge is 0.493 e. The Bertz CT molecular complexity index is 803. The molecule has 6 nitrogen and oxygen atoms in total. The molecule has 3 aromatic rings. The van der Waals surface area contributed by atoms with Crippen molar-refractivity contribution in [3.8, 4) is 11.5 Å². The maximum Gasteiger partial charge on any atom is 0.279 e. The molecule has 0 unspecified atom stereocenters. The zero-order chi connectivity index (χ0) is 15.0. The molecule has 0 aliphatic rings. The Morgan fingerprint density at radius 2 is 1.86 bits per heavy atom. The third-order valence-electron chi connectivity index (χ3n) is 3.51. The number of benzene rings is 1. The molecule has 1 aromatic carbocycles. The number of ether oxygens (including phenoxy) is 2. The maximum atomic E-state index is 12.4. The highest BCUT2D eigenvalue weighted by Crippen LogP contribution is 2.33. The Labute approximate surface area is 121 Å². The van der Waals surface area contributed by atoms with Crippen molar-refractivity contribution in [3.05, 3.63) is 42.6 Å². The molecule has 0 aliphatic heterocycles. The van der Waals surface area contributed by atoms with Crippen LogP contribution in [0.3, 0.4) is 0 Å². The van der Waals surface area contributed by atoms with Crippen molar-refractivity contribution in [1.82, 2.24) is 14.1 Å². The van der Waals surface area contributed by atoms with Gasteiger partial charge in [0.25, 0.3) is 5.91 Å². The van der Waals surface area contributed by atoms with Crippen molar-refractivity contribution >= 4 is 16.8 Å². The molecule has 6 heteroatoms. The summed E-state index contributed by atoms with van der Waals surface area (Å²) in [6.07, 6.45) is 4.69. The van der Waals surface area contributed by atoms with E-state index in [-0.39, 0.29) is 5.91 Å². The van der Waals surface area contributed by atoms with Crippen LogP contribution in [-0.2, 0) is 7.05 Å². The molecule has 0 amide bonds. The number of aromatic nitrogens is 3. The maximum absolute atomic E-state index is 12.4. The second kappa shape index (κ2) is 4.97. The Morgan fingerprint density at radius 1 is 1.14 bits per heavy atom. The molecule has 108 valence electrons. The molecule has 0 saturated heterocycles. The van der Waals surface area contributed by atoms with E-state index in [1.807, 2.05) is 29.8 Å². The predicted octanol–water partition coefficient (Wildman–Crippen LogP) is 2.08. The Morgan fingerprint density at radius 3 is 2.48 bits per heavy atom. The number of carbonyl (C=O) groups excluding carboxylic acids is 1. The van der Waals surface area contributed by atoms with Gasteiger partial charge < -0.3 is 14.0 Å². The number of nitrogens with zero attached hydrogens (tertiary/aromatic N) is 3. The molecule has 0 aliphatic carbocycles. The lowest BCUT2D eigenvalue weighted by Crippen LogP contribution is -2.13. The van der Waals surface area contributed by atoms with Gasteiger partial charge in [-0.15, -0.1) is 0 Å². The first-order valence-electron chi connectivity index (χ1n) is 6.40. The average molecular weight is 285 g/mol. The molecule has 0 spiro atoms. The summed E-state index contributed by atoms with van der Waals surface area (Å²) in [6.45, 7) is 0. The molecule has 21 heavy (non-hydrogen) atoms. The Hall–Kier alpha value is -2.76. The zero-order valence-corrected chi connectivity index (χ0v) is 12.0. The summed E-state index contributed by atoms with van der Waals surface area (Å²) in [5.41, 5.74) is 1.47. The Kier molecular flexibility index (Phi) is 3.13. The van der Waals surface area contributed by atoms with E-state index in [0.29, 0.717) is 17.2 Å². The number of hydrogen-bond donors (Lipinski definition) is 0. The second-order valence-electron chi connectivity index (χ2n) is 4.63. The molecular formula is C15H15N3O3. The van der Waals surface area contributed by atoms with Gasteiger partial charge in [-0.1, -0.05) is 0 Å². The van der Waals surface area contributed by atoms with E-state index in [0.717, 1.165) is 10.9 Å². The lowest BCUT2D eigenvalue weighted by Gasteiger charge is -2.08. The highest BCUT2D eigenvalue weighted by Gasteiger charge is 2.17. The van der Waals surface area contributed by atoms with Crippen molar-refractivity contribution in [1.29, 1.82) is 0 Å². The molecule has 0 fully saturated rings. The van der Waals surface area contributed by atoms with Gasteiger partial charge in [-0.25, -0.2) is 4.98 Å². The summed E-state index contributed by atoms with van der Waals surface area (Å²) in [6, 6.07) is 5.55. The normalized spacial score (nSPS) is 10.8. The SMILES string of the molecule is COc1cc2cc(C(=O)n3ccnc3)n(C)c2cc1OC. The molecule has 0 N–H and O–H groups in total. The summed E-state index contributed by atoms with van der Waals surface area (Å²) >= 11 is 0. The summed E-state index contributed by atoms with van der Waals surface area (Å²) in [7, 11) is 5.02. The van der Waals surface area contributed by atoms with E-state index < -0.39 is 0 Å². The van der Waals surface area contributed by atoms with E-state index in [4.69, 9.17) is 9.47 Å². The van der Waals surface area contributed by atoms with Crippen LogP contribution in [0.25, 0.3) is 10.9 Å². The number of aryl methyl sites for hydroxylation is 1. The summed E-state index contributed by atoms with van der Waals surface area (Å²) in [5.74, 6) is 1.13. The fourth-order valence-electron chi connectivity index (χ4n) is 2.38. The van der Waals surface area contributed by atoms with Crippen molar-refractivity contribution in [2.45, 2.75) is 0 Å². The number of rotatable bonds is 3. The fourth-order valence-corrected chi connectivity index (χ4v) is 2.38. The number of carbonyl (C=O) groups is 1. The third-order valence-corrected chi connectivity index (χ3v) is 3.51. The fraction of sp³-hybridized carbons (Fsp3) is 0.200. The quantitative estimate of drug-likeness (QED) is 0.739. The number of imidazole rings is 1. The van der Waals surface area contributed by atoms with Crippen LogP contribution in [0.5, 0.6) is 11.5 Å². The zero-order valence-electron chi connectivity index (χ0n) is 12.0. The minimum Gasteiger partial charge on any atom is -0.493 e. The number of fused-ring (bicyclic) bond motifs is 1. The molecule has 0 atom stereocenters. The Balaban J connectivity index is 2.18. The van der Waals surface area contributed by atoms with Crippen LogP contribution in [0.2, 0.25) is 0 Å². The first kappa shape index (κ1) is 13.2. The molecule has 3 rings (SSSR count). The highest BCUT2D eigenvalue weighted by atomic mass is 16.5. The van der Waals surface area contributed by atoms with Crippen LogP contribution >= 0.6 is 0 Å². The molecular weight excluding hydrogens is 270 g/mol. The van der Waals surface area contributed by atoms with Gasteiger partial charge in [-0.2, -0.15) is 0 Å². The minimum atomic E-state index is -0.135. The van der Waals surface area contributed by atoms with E-state index in [2.05, 4.69) is 4.98 Å². The summed E-state index contributed by atoms with van der Waals surface area (Å²) in [4.78, 5) is 16.3. The van der Waals surface area contributed by atoms with Gasteiger partial charge in [0.1, 0.15) is 12.0 Å². The first-order valence-corrected chi connectivity index (χ1v) is 6.40. The van der Waals surface area contributed by atoms with Gasteiger partial charge in [-0.3, -0.25) is 9.36 Å². The van der Waals surface area contributed by atoms with Crippen molar-refractivity contribution in [2.75, 3.05) is 14.2 Å². The van der Waals surface area contributed by atoms with E-state index in [9.17, 15) is 4.79 Å². The lowest BCUT2D eigenvalue weighted by molar-refractivity contribution is 0.0952. The smallest absolute Gasteiger partial charge is 0.279 e. The van der Waals surface area contributed by atoms with Crippen LogP contribution < -0.4 is 9.47 Å². The topological polar surface area (TPSA) is 58.3 Å². The summed E-state index contributed by atoms with van der Waals surface area (Å²) in [5, 5.41) is 0.915. The van der Waals surface area contributed by atoms with Crippen molar-refractivity contribution in [3.63, 3.8) is 0 Å². The van der Waals surface area contributed by atoms with Gasteiger partial charge in [0.2, 0.25) is 0 Å². The van der Waals surface area contributed by atoms with Crippen LogP contribution in [0.4, 0.5) is 0 Å². The number of hydrogen-bond acceptors (Lipinski definition) is 4. The third kappa shape index (κ3) is 2.05. The minimum absolute atomic E-state index is 0.135. The van der Waals surface area contributed by atoms with Gasteiger partial charge in [0, 0.05) is 30.9 Å². The van der Waals surface area contributed by atoms with E-state index in [1.54, 1.807) is 26.6 Å². The van der Waals surface area contributed by atoms with Gasteiger partial charge in [-0.05, 0) is 12.1 Å². The van der Waals surface area contributed by atoms with Crippen LogP contribution in [0.1, 0.15) is 10.5 Å². The van der Waals surface area contributed by atoms with Gasteiger partial charge in [0.15, 0.2) is 11.5 Å². The molecule has 0 saturated carbocycles. The second-order valence-corrected chi connectivity index (χ2v) is 4.63. The summed E-state index contributed by atoms with van der Waals surface area (Å²) < 4.78 is 13.9. The van der Waals surface area contributed by atoms with Gasteiger partial charge >= 0.3 is 0 Å². The van der Waals surface area contributed by atoms with Crippen LogP contribution in [0.15, 0.2) is 36.9 Å². The molecule has 0 radical (unpaired) electrons. The average Bonchev–Trinajstić information content (AvgIpc) is 3.14. The lowest BCUT2D eigenvalue weighted by atomic mass is 10.2. The van der Waals surface area contributed by atoms with Crippen LogP contribution in [0, 0.1) is 0 Å². The van der Waals surface area contributed by atoms with Crippen LogP contribution in [-0.4, -0.2) is 34.2 Å². The molecule has 0 bridgehead atoms. The molecule has 2 heterocycles. The van der Waals surface area contributed by atoms with Crippen molar-refractivity contribution in [2.24, 2.45) is 7.05 Å². The van der Waals surface area contributed by atoms with E-state index in [1.165, 1.54) is 10.9 Å². The number of methoxy groups -OCH3 is 2. The highest BCUT2D eigenvalue weighted by molar-refractivity contribution is 6.00. The van der Waals surface area contributed by atoms with Crippen molar-refractivity contribution < 1.29 is 14.3 Å². The first-order chi connectivity index (χ1) is 10.2. The monoisotopic (exact) mass is 285 g/mol. The standard InChI is InChI=1S/C15H15N3O3/c1-17-11-8-14(21-3)13(20-2)7-10(11)6-12(17)15(19)18-5-4-16-9-18/h4-9H,1-3H3. The predicted molar refractivity (Wildman–Crippen MR) is 78.0 cm³/mol. The van der Waals surface area contributed by atoms with Gasteiger partial charge in [0.05, 0.1) is 19.7 Å². The molecule has 2 aromatic heterocycles.